The zero-order chi connectivity index (χ0) is 0. The van der Waals surface area contributed by atoms with Crippen LogP contribution in [0.2, 0.25) is 0 Å². The smallest absolute Gasteiger partial charge is 0 e. The quantitative estimate of drug-likeness (QED) is 0.407. The second-order valence-electron chi connectivity index (χ2n) is 0. The average molecular weight is 235 g/mol. The maximum atomic E-state index is 0. The largest absolute Gasteiger partial charge is 0 e. The van der Waals surface area contributed by atoms with Gasteiger partial charge in [-0.1, -0.05) is 0 Å². The Kier molecular flexibility index (Phi) is 343. The fourth-order valence-electron chi connectivity index (χ4n) is 0. The van der Waals surface area contributed by atoms with E-state index in [1.165, 1.54) is 0 Å². The normalized spacial score (nSPS) is 0. The molecule has 0 N–H and O–H groups in total. The third-order valence-corrected chi connectivity index (χ3v) is 0. The molecule has 0 aromatic heterocycles. The van der Waals surface area contributed by atoms with Crippen molar-refractivity contribution in [3.63, 3.8) is 0 Å². The Bertz CT molecular complexity index is 15.5. The molecule has 0 aliphatic carbocycles. The fourth-order valence-corrected chi connectivity index (χ4v) is 0. The molecule has 0 aromatic carbocycles. The molecule has 0 spiro atoms. The molecule has 6 heteroatoms. The van der Waals surface area contributed by atoms with Crippen LogP contribution in [0.15, 0.2) is 0 Å². The van der Waals surface area contributed by atoms with E-state index in [1.54, 1.807) is 0 Å². The van der Waals surface area contributed by atoms with Crippen LogP contribution in [0.4, 0.5) is 0 Å². The second kappa shape index (κ2) is 38.0. The van der Waals surface area contributed by atoms with Gasteiger partial charge in [0.15, 0.2) is 17.4 Å². The van der Waals surface area contributed by atoms with Crippen molar-refractivity contribution in [2.45, 2.75) is 0 Å². The predicted molar refractivity (Wildman–Crippen MR) is 24.2 cm³/mol. The zero-order valence-electron chi connectivity index (χ0n) is 1.03. The van der Waals surface area contributed by atoms with E-state index >= 15 is 0 Å². The van der Waals surface area contributed by atoms with Crippen LogP contribution < -0.4 is 0 Å². The summed E-state index contributed by atoms with van der Waals surface area (Å²) in [4.78, 5) is 0. The minimum Gasteiger partial charge on any atom is 0 e. The molecule has 0 bridgehead atoms. The summed E-state index contributed by atoms with van der Waals surface area (Å²) in [6, 6.07) is 0. The molecule has 0 aliphatic heterocycles. The van der Waals surface area contributed by atoms with Gasteiger partial charge in [0.05, 0.1) is 0 Å². The van der Waals surface area contributed by atoms with Crippen LogP contribution in [0.1, 0.15) is 0 Å². The second-order valence-corrected chi connectivity index (χ2v) is 0. The van der Waals surface area contributed by atoms with Crippen molar-refractivity contribution in [2.75, 3.05) is 0 Å². The molecule has 0 fully saturated rings. The van der Waals surface area contributed by atoms with Gasteiger partial charge in [0, 0.05) is 50.3 Å². The maximum Gasteiger partial charge on any atom is 0 e. The van der Waals surface area contributed by atoms with Crippen LogP contribution in [-0.2, 0) is 50.3 Å². The van der Waals surface area contributed by atoms with Crippen molar-refractivity contribution in [1.82, 2.24) is 0 Å². The first-order valence-corrected chi connectivity index (χ1v) is 0. The third kappa shape index (κ3) is 25.4. The fraction of sp³-hybridized carbons (Fsp3) is 0. The van der Waals surface area contributed by atoms with Crippen LogP contribution >= 0.6 is 0 Å². The molecule has 0 aliphatic rings. The van der Waals surface area contributed by atoms with Crippen molar-refractivity contribution in [3.8, 4) is 0 Å². The Balaban J connectivity index is 0. The Labute approximate surface area is 114 Å². The van der Waals surface area contributed by atoms with Crippen molar-refractivity contribution < 1.29 is 50.3 Å². The average Bonchev–Trinajstić information content (AvgIpc) is 0. The molecule has 0 aromatic rings. The van der Waals surface area contributed by atoms with E-state index in [4.69, 9.17) is 0 Å². The van der Waals surface area contributed by atoms with Crippen molar-refractivity contribution in [1.29, 1.82) is 0 Å². The molecule has 36 valence electrons. The monoisotopic (exact) mass is 234 g/mol. The van der Waals surface area contributed by atoms with Gasteiger partial charge in [-0.15, -0.1) is 0 Å². The van der Waals surface area contributed by atoms with Gasteiger partial charge < -0.3 is 0 Å². The van der Waals surface area contributed by atoms with Gasteiger partial charge in [-0.25, -0.2) is 0 Å². The zero-order valence-corrected chi connectivity index (χ0v) is 4.24. The van der Waals surface area contributed by atoms with Crippen molar-refractivity contribution >= 4 is 65.8 Å². The summed E-state index contributed by atoms with van der Waals surface area (Å²) in [5.41, 5.74) is 0. The Morgan fingerprint density at radius 3 is 1.00 bits per heavy atom. The molecule has 0 amide bonds. The van der Waals surface area contributed by atoms with Gasteiger partial charge in [-0.3, -0.25) is 0 Å². The first-order valence-electron chi connectivity index (χ1n) is 0. The van der Waals surface area contributed by atoms with E-state index in [1.807, 2.05) is 0 Å². The van der Waals surface area contributed by atoms with Crippen LogP contribution in [-0.4, -0.2) is 65.8 Å². The van der Waals surface area contributed by atoms with Gasteiger partial charge in [0.25, 0.3) is 0 Å². The van der Waals surface area contributed by atoms with Crippen molar-refractivity contribution in [2.24, 2.45) is 0 Å². The molecule has 2 radical (unpaired) electrons. The first kappa shape index (κ1) is 54.2. The molecule has 0 atom stereocenters. The first-order chi connectivity index (χ1) is 0. The molecular formula is H5AlCoLiMnNaNi. The Hall–Kier alpha value is 3.65. The van der Waals surface area contributed by atoms with E-state index in [9.17, 15) is 0 Å². The van der Waals surface area contributed by atoms with Gasteiger partial charge in [-0.05, 0) is 0 Å². The van der Waals surface area contributed by atoms with Gasteiger partial charge in [-0.2, -0.15) is 0 Å². The van der Waals surface area contributed by atoms with Crippen LogP contribution in [0.25, 0.3) is 0 Å². The molecule has 0 unspecified atom stereocenters. The third-order valence-electron chi connectivity index (χ3n) is 0. The molecule has 6 heavy (non-hydrogen) atoms. The summed E-state index contributed by atoms with van der Waals surface area (Å²) in [5.74, 6) is 0. The van der Waals surface area contributed by atoms with E-state index in [0.717, 1.165) is 0 Å². The summed E-state index contributed by atoms with van der Waals surface area (Å²) < 4.78 is 0. The molecular weight excluding hydrogens is 229 g/mol. The SMILES string of the molecule is [AlH3].[Co].[LiH].[Mn].[NaH].[Ni]. The minimum absolute atomic E-state index is 0. The van der Waals surface area contributed by atoms with Gasteiger partial charge in [0.1, 0.15) is 0 Å². The van der Waals surface area contributed by atoms with E-state index in [2.05, 4.69) is 0 Å². The summed E-state index contributed by atoms with van der Waals surface area (Å²) in [7, 11) is 0. The van der Waals surface area contributed by atoms with E-state index in [0.29, 0.717) is 0 Å². The molecule has 0 saturated heterocycles. The minimum atomic E-state index is 0. The van der Waals surface area contributed by atoms with Crippen LogP contribution in [0, 0.1) is 0 Å². The predicted octanol–water partition coefficient (Wildman–Crippen LogP) is -2.49. The summed E-state index contributed by atoms with van der Waals surface area (Å²) >= 11 is 0. The number of hydrogen-bond acceptors (Lipinski definition) is 0. The number of rotatable bonds is 0. The van der Waals surface area contributed by atoms with Crippen LogP contribution in [0.5, 0.6) is 0 Å². The Morgan fingerprint density at radius 2 is 1.00 bits per heavy atom. The maximum absolute atomic E-state index is 0. The molecule has 0 heterocycles. The van der Waals surface area contributed by atoms with Gasteiger partial charge >= 0.3 is 48.4 Å². The topological polar surface area (TPSA) is 0 Å². The summed E-state index contributed by atoms with van der Waals surface area (Å²) in [6.07, 6.45) is 0. The summed E-state index contributed by atoms with van der Waals surface area (Å²) in [6.45, 7) is 0. The van der Waals surface area contributed by atoms with E-state index in [-0.39, 0.29) is 116 Å². The molecule has 0 nitrogen and oxygen atoms in total. The Morgan fingerprint density at radius 1 is 1.00 bits per heavy atom. The van der Waals surface area contributed by atoms with Crippen molar-refractivity contribution in [3.05, 3.63) is 0 Å². The molecule has 0 rings (SSSR count). The van der Waals surface area contributed by atoms with Gasteiger partial charge in [0.2, 0.25) is 0 Å². The standard InChI is InChI=1S/Al.Co.Li.Mn.Na.Ni.5H. The number of hydrogen-bond donors (Lipinski definition) is 0. The van der Waals surface area contributed by atoms with E-state index < -0.39 is 0 Å². The molecule has 0 saturated carbocycles. The summed E-state index contributed by atoms with van der Waals surface area (Å²) in [5, 5.41) is 0. The van der Waals surface area contributed by atoms with Crippen LogP contribution in [0.3, 0.4) is 0 Å².